The van der Waals surface area contributed by atoms with E-state index < -0.39 is 0 Å². The Bertz CT molecular complexity index is 796. The molecular formula is C28H44N2O3. The molecule has 1 fully saturated rings. The molecule has 0 radical (unpaired) electrons. The zero-order chi connectivity index (χ0) is 25.0. The summed E-state index contributed by atoms with van der Waals surface area (Å²) < 4.78 is 0. The molecule has 0 aliphatic carbocycles. The maximum Gasteiger partial charge on any atom is 0.166 e. The average molecular weight is 457 g/mol. The molecule has 5 heteroatoms. The van der Waals surface area contributed by atoms with Crippen molar-refractivity contribution in [1.82, 2.24) is 5.32 Å². The number of ketones is 2. The van der Waals surface area contributed by atoms with Gasteiger partial charge < -0.3 is 10.2 Å². The van der Waals surface area contributed by atoms with Crippen molar-refractivity contribution in [2.45, 2.75) is 67.2 Å². The van der Waals surface area contributed by atoms with Crippen LogP contribution in [0.3, 0.4) is 0 Å². The van der Waals surface area contributed by atoms with E-state index in [1.165, 1.54) is 0 Å². The van der Waals surface area contributed by atoms with Crippen LogP contribution < -0.4 is 10.2 Å². The SMILES string of the molecule is C=C(C)C(CCC(=O)CCC)C(C)C(C)C(=O)c1ccc(N2CCNCC2)cc1C=O.CC. The highest BCUT2D eigenvalue weighted by molar-refractivity contribution is 6.04. The molecule has 1 aliphatic rings. The maximum atomic E-state index is 13.3. The van der Waals surface area contributed by atoms with Crippen LogP contribution in [0.15, 0.2) is 30.4 Å². The number of carbonyl (C=O) groups excluding carboxylic acids is 3. The molecule has 0 bridgehead atoms. The van der Waals surface area contributed by atoms with Crippen molar-refractivity contribution in [3.63, 3.8) is 0 Å². The molecule has 1 aromatic carbocycles. The number of rotatable bonds is 12. The lowest BCUT2D eigenvalue weighted by Gasteiger charge is -2.30. The Morgan fingerprint density at radius 3 is 2.33 bits per heavy atom. The summed E-state index contributed by atoms with van der Waals surface area (Å²) in [6.45, 7) is 19.7. The zero-order valence-corrected chi connectivity index (χ0v) is 21.6. The number of nitrogens with zero attached hydrogens (tertiary/aromatic N) is 1. The molecule has 0 saturated carbocycles. The second-order valence-electron chi connectivity index (χ2n) is 8.92. The number of hydrogen-bond donors (Lipinski definition) is 1. The first-order chi connectivity index (χ1) is 15.8. The van der Waals surface area contributed by atoms with Crippen LogP contribution in [0.5, 0.6) is 0 Å². The molecular weight excluding hydrogens is 412 g/mol. The largest absolute Gasteiger partial charge is 0.369 e. The third kappa shape index (κ3) is 8.22. The number of nitrogens with one attached hydrogen (secondary N) is 1. The highest BCUT2D eigenvalue weighted by atomic mass is 16.1. The standard InChI is InChI=1S/C26H38N2O3.C2H6/c1-6-7-23(30)9-11-24(18(2)3)19(4)20(5)26(31)25-10-8-22(16-21(25)17-29)28-14-12-27-13-15-28;1-2/h8,10,16-17,19-20,24,27H,2,6-7,9,11-15H2,1,3-5H3;1-2H3. The Labute approximate surface area is 201 Å². The summed E-state index contributed by atoms with van der Waals surface area (Å²) in [6.07, 6.45) is 3.49. The topological polar surface area (TPSA) is 66.5 Å². The number of hydrogen-bond acceptors (Lipinski definition) is 5. The summed E-state index contributed by atoms with van der Waals surface area (Å²) in [5.74, 6) is 0.109. The van der Waals surface area contributed by atoms with Crippen LogP contribution in [0.1, 0.15) is 87.9 Å². The van der Waals surface area contributed by atoms with Crippen LogP contribution in [-0.2, 0) is 4.79 Å². The van der Waals surface area contributed by atoms with E-state index in [0.29, 0.717) is 24.0 Å². The number of carbonyl (C=O) groups is 3. The Kier molecular flexibility index (Phi) is 12.9. The zero-order valence-electron chi connectivity index (χ0n) is 21.6. The van der Waals surface area contributed by atoms with Gasteiger partial charge in [-0.15, -0.1) is 0 Å². The first-order valence-corrected chi connectivity index (χ1v) is 12.6. The third-order valence-corrected chi connectivity index (χ3v) is 6.64. The molecule has 3 atom stereocenters. The number of anilines is 1. The maximum absolute atomic E-state index is 13.3. The Morgan fingerprint density at radius 2 is 1.79 bits per heavy atom. The molecule has 1 heterocycles. The van der Waals surface area contributed by atoms with Crippen molar-refractivity contribution < 1.29 is 14.4 Å². The second kappa shape index (κ2) is 14.8. The molecule has 2 rings (SSSR count). The van der Waals surface area contributed by atoms with Crippen molar-refractivity contribution >= 4 is 23.5 Å². The van der Waals surface area contributed by atoms with Gasteiger partial charge in [0.1, 0.15) is 5.78 Å². The van der Waals surface area contributed by atoms with Crippen LogP contribution in [0.2, 0.25) is 0 Å². The van der Waals surface area contributed by atoms with Crippen LogP contribution >= 0.6 is 0 Å². The number of piperazine rings is 1. The van der Waals surface area contributed by atoms with E-state index in [1.54, 1.807) is 6.07 Å². The Balaban J connectivity index is 0.00000265. The monoisotopic (exact) mass is 456 g/mol. The molecule has 0 aromatic heterocycles. The minimum Gasteiger partial charge on any atom is -0.369 e. The molecule has 1 aromatic rings. The number of aldehydes is 1. The van der Waals surface area contributed by atoms with E-state index in [1.807, 2.05) is 46.8 Å². The third-order valence-electron chi connectivity index (χ3n) is 6.64. The van der Waals surface area contributed by atoms with Gasteiger partial charge in [0, 0.05) is 61.8 Å². The minimum absolute atomic E-state index is 0.0207. The average Bonchev–Trinajstić information content (AvgIpc) is 2.84. The first kappa shape index (κ1) is 28.8. The molecule has 1 saturated heterocycles. The highest BCUT2D eigenvalue weighted by Crippen LogP contribution is 2.33. The fourth-order valence-corrected chi connectivity index (χ4v) is 4.50. The lowest BCUT2D eigenvalue weighted by atomic mass is 9.74. The number of allylic oxidation sites excluding steroid dienone is 1. The second-order valence-corrected chi connectivity index (χ2v) is 8.92. The predicted molar refractivity (Wildman–Crippen MR) is 138 cm³/mol. The molecule has 33 heavy (non-hydrogen) atoms. The van der Waals surface area contributed by atoms with Gasteiger partial charge in [-0.05, 0) is 49.8 Å². The van der Waals surface area contributed by atoms with Gasteiger partial charge in [0.05, 0.1) is 0 Å². The van der Waals surface area contributed by atoms with E-state index in [0.717, 1.165) is 56.6 Å². The van der Waals surface area contributed by atoms with Crippen LogP contribution in [0.4, 0.5) is 5.69 Å². The summed E-state index contributed by atoms with van der Waals surface area (Å²) in [7, 11) is 0. The van der Waals surface area contributed by atoms with Gasteiger partial charge in [-0.3, -0.25) is 14.4 Å². The Hall–Kier alpha value is -2.27. The van der Waals surface area contributed by atoms with Gasteiger partial charge in [0.15, 0.2) is 12.1 Å². The van der Waals surface area contributed by atoms with Crippen molar-refractivity contribution in [2.24, 2.45) is 17.8 Å². The molecule has 3 unspecified atom stereocenters. The summed E-state index contributed by atoms with van der Waals surface area (Å²) in [5.41, 5.74) is 2.91. The van der Waals surface area contributed by atoms with Crippen LogP contribution in [0.25, 0.3) is 0 Å². The summed E-state index contributed by atoms with van der Waals surface area (Å²) >= 11 is 0. The first-order valence-electron chi connectivity index (χ1n) is 12.6. The quantitative estimate of drug-likeness (QED) is 0.247. The van der Waals surface area contributed by atoms with Crippen molar-refractivity contribution in [1.29, 1.82) is 0 Å². The smallest absolute Gasteiger partial charge is 0.166 e. The van der Waals surface area contributed by atoms with E-state index in [4.69, 9.17) is 0 Å². The molecule has 184 valence electrons. The normalized spacial score (nSPS) is 16.1. The predicted octanol–water partition coefficient (Wildman–Crippen LogP) is 5.73. The van der Waals surface area contributed by atoms with E-state index in [2.05, 4.69) is 23.7 Å². The lowest BCUT2D eigenvalue weighted by Crippen LogP contribution is -2.43. The van der Waals surface area contributed by atoms with E-state index in [-0.39, 0.29) is 29.3 Å². The van der Waals surface area contributed by atoms with Crippen molar-refractivity contribution in [3.8, 4) is 0 Å². The summed E-state index contributed by atoms with van der Waals surface area (Å²) in [4.78, 5) is 39.4. The van der Waals surface area contributed by atoms with E-state index in [9.17, 15) is 14.4 Å². The van der Waals surface area contributed by atoms with Crippen molar-refractivity contribution in [3.05, 3.63) is 41.5 Å². The summed E-state index contributed by atoms with van der Waals surface area (Å²) in [5, 5.41) is 3.32. The van der Waals surface area contributed by atoms with Gasteiger partial charge in [-0.2, -0.15) is 0 Å². The van der Waals surface area contributed by atoms with E-state index >= 15 is 0 Å². The van der Waals surface area contributed by atoms with Crippen LogP contribution in [0, 0.1) is 17.8 Å². The molecule has 0 spiro atoms. The number of Topliss-reactive ketones (excluding diaryl/α,β-unsaturated/α-hetero) is 2. The minimum atomic E-state index is -0.272. The van der Waals surface area contributed by atoms with Gasteiger partial charge in [-0.25, -0.2) is 0 Å². The van der Waals surface area contributed by atoms with Gasteiger partial charge >= 0.3 is 0 Å². The van der Waals surface area contributed by atoms with Crippen molar-refractivity contribution in [2.75, 3.05) is 31.1 Å². The van der Waals surface area contributed by atoms with Gasteiger partial charge in [0.2, 0.25) is 0 Å². The molecule has 5 nitrogen and oxygen atoms in total. The number of benzene rings is 1. The van der Waals surface area contributed by atoms with Crippen LogP contribution in [-0.4, -0.2) is 44.0 Å². The molecule has 0 amide bonds. The van der Waals surface area contributed by atoms with Gasteiger partial charge in [0.25, 0.3) is 0 Å². The fourth-order valence-electron chi connectivity index (χ4n) is 4.50. The lowest BCUT2D eigenvalue weighted by molar-refractivity contribution is -0.119. The highest BCUT2D eigenvalue weighted by Gasteiger charge is 2.30. The molecule has 1 N–H and O–H groups in total. The van der Waals surface area contributed by atoms with Gasteiger partial charge in [-0.1, -0.05) is 46.8 Å². The molecule has 1 aliphatic heterocycles. The Morgan fingerprint density at radius 1 is 1.15 bits per heavy atom. The summed E-state index contributed by atoms with van der Waals surface area (Å²) in [6, 6.07) is 5.58. The fraction of sp³-hybridized carbons (Fsp3) is 0.607.